The molecule has 0 heterocycles. The van der Waals surface area contributed by atoms with E-state index < -0.39 is 12.2 Å². The van der Waals surface area contributed by atoms with E-state index in [0.29, 0.717) is 38.5 Å². The first kappa shape index (κ1) is 22.8. The van der Waals surface area contributed by atoms with E-state index in [1.54, 1.807) is 0 Å². The second kappa shape index (κ2) is 13.0. The Bertz CT molecular complexity index is 446. The minimum Gasteiger partial charge on any atom is -0.469 e. The molecule has 5 heteroatoms. The molecule has 1 aliphatic carbocycles. The Labute approximate surface area is 157 Å². The molecule has 0 aliphatic heterocycles. The summed E-state index contributed by atoms with van der Waals surface area (Å²) in [4.78, 5) is 23.0. The van der Waals surface area contributed by atoms with Crippen molar-refractivity contribution in [2.24, 2.45) is 11.8 Å². The van der Waals surface area contributed by atoms with Gasteiger partial charge in [0, 0.05) is 19.3 Å². The van der Waals surface area contributed by atoms with Gasteiger partial charge in [0.05, 0.1) is 19.3 Å². The van der Waals surface area contributed by atoms with Crippen LogP contribution in [0.3, 0.4) is 0 Å². The van der Waals surface area contributed by atoms with E-state index in [4.69, 9.17) is 0 Å². The number of carbonyl (C=O) groups is 2. The Morgan fingerprint density at radius 2 is 1.73 bits per heavy atom. The minimum atomic E-state index is -0.522. The molecule has 150 valence electrons. The third kappa shape index (κ3) is 8.45. The van der Waals surface area contributed by atoms with Crippen molar-refractivity contribution in [3.05, 3.63) is 12.2 Å². The van der Waals surface area contributed by atoms with E-state index in [2.05, 4.69) is 11.7 Å². The summed E-state index contributed by atoms with van der Waals surface area (Å²) in [5.41, 5.74) is 0. The van der Waals surface area contributed by atoms with Gasteiger partial charge in [-0.2, -0.15) is 0 Å². The minimum absolute atomic E-state index is 0.00491. The number of aliphatic hydroxyl groups is 2. The number of rotatable bonds is 13. The quantitative estimate of drug-likeness (QED) is 0.295. The number of ether oxygens (including phenoxy) is 1. The SMILES string of the molecule is CCCCCC(=O)CC[C@H]1C(O)CC(O)[C@@H]1CC=CCCCC(=O)OC. The zero-order valence-electron chi connectivity index (χ0n) is 16.4. The lowest BCUT2D eigenvalue weighted by molar-refractivity contribution is -0.140. The molecule has 26 heavy (non-hydrogen) atoms. The van der Waals surface area contributed by atoms with Gasteiger partial charge < -0.3 is 14.9 Å². The number of Topliss-reactive ketones (excluding diaryl/α,β-unsaturated/α-hetero) is 1. The zero-order chi connectivity index (χ0) is 19.4. The van der Waals surface area contributed by atoms with Crippen LogP contribution in [0.25, 0.3) is 0 Å². The summed E-state index contributed by atoms with van der Waals surface area (Å²) in [7, 11) is 1.39. The van der Waals surface area contributed by atoms with E-state index in [1.165, 1.54) is 7.11 Å². The van der Waals surface area contributed by atoms with Crippen molar-refractivity contribution in [2.75, 3.05) is 7.11 Å². The van der Waals surface area contributed by atoms with Crippen LogP contribution in [0.2, 0.25) is 0 Å². The molecule has 1 fully saturated rings. The van der Waals surface area contributed by atoms with Crippen molar-refractivity contribution >= 4 is 11.8 Å². The fourth-order valence-electron chi connectivity index (χ4n) is 3.77. The molecule has 0 saturated heterocycles. The average Bonchev–Trinajstić information content (AvgIpc) is 2.89. The highest BCUT2D eigenvalue weighted by Gasteiger charge is 2.40. The first-order valence-corrected chi connectivity index (χ1v) is 10.1. The predicted molar refractivity (Wildman–Crippen MR) is 102 cm³/mol. The Hall–Kier alpha value is -1.20. The molecule has 1 aliphatic rings. The van der Waals surface area contributed by atoms with Crippen LogP contribution in [0.1, 0.15) is 77.6 Å². The number of esters is 1. The van der Waals surface area contributed by atoms with E-state index in [0.717, 1.165) is 32.1 Å². The van der Waals surface area contributed by atoms with E-state index in [1.807, 2.05) is 12.2 Å². The summed E-state index contributed by atoms with van der Waals surface area (Å²) in [6.45, 7) is 2.12. The summed E-state index contributed by atoms with van der Waals surface area (Å²) in [5.74, 6) is 0.0608. The molecule has 2 unspecified atom stereocenters. The Balaban J connectivity index is 2.36. The van der Waals surface area contributed by atoms with Crippen LogP contribution in [-0.4, -0.2) is 41.3 Å². The number of carbonyl (C=O) groups excluding carboxylic acids is 2. The van der Waals surface area contributed by atoms with E-state index in [-0.39, 0.29) is 23.6 Å². The van der Waals surface area contributed by atoms with Crippen molar-refractivity contribution in [3.8, 4) is 0 Å². The highest BCUT2D eigenvalue weighted by atomic mass is 16.5. The van der Waals surface area contributed by atoms with Crippen LogP contribution in [0.5, 0.6) is 0 Å². The maximum absolute atomic E-state index is 12.0. The van der Waals surface area contributed by atoms with Gasteiger partial charge in [-0.3, -0.25) is 9.59 Å². The molecule has 0 radical (unpaired) electrons. The second-order valence-corrected chi connectivity index (χ2v) is 7.41. The van der Waals surface area contributed by atoms with Crippen LogP contribution in [0, 0.1) is 11.8 Å². The molecule has 5 nitrogen and oxygen atoms in total. The van der Waals surface area contributed by atoms with Gasteiger partial charge in [0.1, 0.15) is 5.78 Å². The molecule has 0 aromatic carbocycles. The maximum atomic E-state index is 12.0. The molecular formula is C21H36O5. The van der Waals surface area contributed by atoms with Crippen LogP contribution < -0.4 is 0 Å². The lowest BCUT2D eigenvalue weighted by Crippen LogP contribution is -2.22. The Morgan fingerprint density at radius 1 is 1.00 bits per heavy atom. The fourth-order valence-corrected chi connectivity index (χ4v) is 3.77. The second-order valence-electron chi connectivity index (χ2n) is 7.41. The standard InChI is InChI=1S/C21H36O5/c1-3-4-7-10-16(22)13-14-18-17(19(23)15-20(18)24)11-8-5-6-9-12-21(25)26-2/h5,8,17-20,23-24H,3-4,6-7,9-15H2,1-2H3/t17-,18-,19?,20?/m1/s1. The van der Waals surface area contributed by atoms with Crippen molar-refractivity contribution in [3.63, 3.8) is 0 Å². The summed E-state index contributed by atoms with van der Waals surface area (Å²) in [6.07, 6.45) is 11.0. The first-order chi connectivity index (χ1) is 12.5. The Morgan fingerprint density at radius 3 is 2.42 bits per heavy atom. The smallest absolute Gasteiger partial charge is 0.305 e. The van der Waals surface area contributed by atoms with Gasteiger partial charge in [-0.15, -0.1) is 0 Å². The lowest BCUT2D eigenvalue weighted by atomic mass is 9.86. The van der Waals surface area contributed by atoms with Gasteiger partial charge in [0.2, 0.25) is 0 Å². The third-order valence-corrected chi connectivity index (χ3v) is 5.39. The first-order valence-electron chi connectivity index (χ1n) is 10.1. The predicted octanol–water partition coefficient (Wildman–Crippen LogP) is 3.56. The number of ketones is 1. The van der Waals surface area contributed by atoms with Crippen molar-refractivity contribution < 1.29 is 24.5 Å². The number of aliphatic hydroxyl groups excluding tert-OH is 2. The summed E-state index contributed by atoms with van der Waals surface area (Å²) < 4.78 is 4.60. The number of methoxy groups -OCH3 is 1. The van der Waals surface area contributed by atoms with Gasteiger partial charge in [0.25, 0.3) is 0 Å². The van der Waals surface area contributed by atoms with Gasteiger partial charge in [-0.05, 0) is 50.4 Å². The monoisotopic (exact) mass is 368 g/mol. The molecule has 0 bridgehead atoms. The zero-order valence-corrected chi connectivity index (χ0v) is 16.4. The molecule has 1 saturated carbocycles. The molecule has 0 amide bonds. The van der Waals surface area contributed by atoms with Crippen molar-refractivity contribution in [1.29, 1.82) is 0 Å². The van der Waals surface area contributed by atoms with Crippen molar-refractivity contribution in [1.82, 2.24) is 0 Å². The highest BCUT2D eigenvalue weighted by Crippen LogP contribution is 2.38. The molecular weight excluding hydrogens is 332 g/mol. The summed E-state index contributed by atoms with van der Waals surface area (Å²) in [5, 5.41) is 20.5. The number of unbranched alkanes of at least 4 members (excludes halogenated alkanes) is 3. The summed E-state index contributed by atoms with van der Waals surface area (Å²) >= 11 is 0. The maximum Gasteiger partial charge on any atom is 0.305 e. The molecule has 2 N–H and O–H groups in total. The molecule has 0 spiro atoms. The van der Waals surface area contributed by atoms with Crippen LogP contribution >= 0.6 is 0 Å². The number of allylic oxidation sites excluding steroid dienone is 2. The molecule has 0 aromatic rings. The van der Waals surface area contributed by atoms with Crippen LogP contribution in [0.4, 0.5) is 0 Å². The normalized spacial score (nSPS) is 25.7. The third-order valence-electron chi connectivity index (χ3n) is 5.39. The lowest BCUT2D eigenvalue weighted by Gasteiger charge is -2.22. The number of hydrogen-bond acceptors (Lipinski definition) is 5. The summed E-state index contributed by atoms with van der Waals surface area (Å²) in [6, 6.07) is 0. The average molecular weight is 369 g/mol. The van der Waals surface area contributed by atoms with Crippen LogP contribution in [0.15, 0.2) is 12.2 Å². The van der Waals surface area contributed by atoms with Gasteiger partial charge >= 0.3 is 5.97 Å². The molecule has 4 atom stereocenters. The van der Waals surface area contributed by atoms with Crippen LogP contribution in [-0.2, 0) is 14.3 Å². The van der Waals surface area contributed by atoms with Gasteiger partial charge in [-0.25, -0.2) is 0 Å². The largest absolute Gasteiger partial charge is 0.469 e. The highest BCUT2D eigenvalue weighted by molar-refractivity contribution is 5.78. The molecule has 0 aromatic heterocycles. The van der Waals surface area contributed by atoms with Gasteiger partial charge in [0.15, 0.2) is 0 Å². The fraction of sp³-hybridized carbons (Fsp3) is 0.810. The Kier molecular flexibility index (Phi) is 11.5. The van der Waals surface area contributed by atoms with Gasteiger partial charge in [-0.1, -0.05) is 31.9 Å². The van der Waals surface area contributed by atoms with E-state index in [9.17, 15) is 19.8 Å². The van der Waals surface area contributed by atoms with Crippen molar-refractivity contribution in [2.45, 2.75) is 89.8 Å². The van der Waals surface area contributed by atoms with E-state index >= 15 is 0 Å². The molecule has 1 rings (SSSR count). The topological polar surface area (TPSA) is 83.8 Å². The number of hydrogen-bond donors (Lipinski definition) is 2.